The molecule has 24 heavy (non-hydrogen) atoms. The predicted molar refractivity (Wildman–Crippen MR) is 98.1 cm³/mol. The second-order valence-corrected chi connectivity index (χ2v) is 6.92. The minimum Gasteiger partial charge on any atom is -0.348 e. The van der Waals surface area contributed by atoms with E-state index < -0.39 is 11.8 Å². The Balaban J connectivity index is 1.99. The van der Waals surface area contributed by atoms with Gasteiger partial charge < -0.3 is 10.6 Å². The number of benzene rings is 2. The van der Waals surface area contributed by atoms with Crippen LogP contribution in [0.15, 0.2) is 64.4 Å². The van der Waals surface area contributed by atoms with Crippen LogP contribution in [-0.4, -0.2) is 18.4 Å². The first kappa shape index (κ1) is 18.1. The molecule has 0 radical (unpaired) electrons. The molecule has 0 aliphatic rings. The summed E-state index contributed by atoms with van der Waals surface area (Å²) in [4.78, 5) is 25.9. The highest BCUT2D eigenvalue weighted by molar-refractivity contribution is 7.99. The summed E-state index contributed by atoms with van der Waals surface area (Å²) in [5, 5.41) is 5.34. The fourth-order valence-electron chi connectivity index (χ4n) is 2.01. The van der Waals surface area contributed by atoms with Crippen LogP contribution in [0.25, 0.3) is 0 Å². The molecular formula is C19H22N2O2S. The third kappa shape index (κ3) is 5.74. The highest BCUT2D eigenvalue weighted by Gasteiger charge is 2.15. The monoisotopic (exact) mass is 342 g/mol. The van der Waals surface area contributed by atoms with Gasteiger partial charge in [-0.05, 0) is 36.6 Å². The van der Waals surface area contributed by atoms with Crippen LogP contribution in [0.4, 0.5) is 5.69 Å². The Morgan fingerprint density at radius 2 is 1.62 bits per heavy atom. The summed E-state index contributed by atoms with van der Waals surface area (Å²) in [6, 6.07) is 17.3. The average molecular weight is 342 g/mol. The summed E-state index contributed by atoms with van der Waals surface area (Å²) in [6.07, 6.45) is 0.847. The van der Waals surface area contributed by atoms with Crippen molar-refractivity contribution in [1.82, 2.24) is 5.32 Å². The molecule has 0 atom stereocenters. The van der Waals surface area contributed by atoms with Gasteiger partial charge in [0.05, 0.1) is 5.69 Å². The van der Waals surface area contributed by atoms with Crippen LogP contribution in [0.1, 0.15) is 20.3 Å². The molecule has 2 aromatic rings. The third-order valence-electron chi connectivity index (χ3n) is 3.32. The number of carbonyl (C=O) groups is 2. The molecule has 0 unspecified atom stereocenters. The van der Waals surface area contributed by atoms with Crippen LogP contribution in [0.5, 0.6) is 0 Å². The molecule has 0 bridgehead atoms. The summed E-state index contributed by atoms with van der Waals surface area (Å²) < 4.78 is 0. The maximum absolute atomic E-state index is 12.1. The molecule has 0 aliphatic carbocycles. The maximum Gasteiger partial charge on any atom is 0.313 e. The summed E-state index contributed by atoms with van der Waals surface area (Å²) >= 11 is 1.54. The summed E-state index contributed by atoms with van der Waals surface area (Å²) in [5.41, 5.74) is 0.635. The molecule has 0 fully saturated rings. The molecule has 0 aromatic heterocycles. The van der Waals surface area contributed by atoms with Gasteiger partial charge >= 0.3 is 11.8 Å². The van der Waals surface area contributed by atoms with Crippen LogP contribution in [0, 0.1) is 5.92 Å². The van der Waals surface area contributed by atoms with Crippen molar-refractivity contribution in [2.24, 2.45) is 5.92 Å². The average Bonchev–Trinajstić information content (AvgIpc) is 2.57. The van der Waals surface area contributed by atoms with Crippen LogP contribution in [0.2, 0.25) is 0 Å². The molecule has 126 valence electrons. The second-order valence-electron chi connectivity index (χ2n) is 5.80. The molecular weight excluding hydrogens is 320 g/mol. The Kier molecular flexibility index (Phi) is 6.88. The van der Waals surface area contributed by atoms with E-state index in [4.69, 9.17) is 0 Å². The van der Waals surface area contributed by atoms with Gasteiger partial charge in [0.25, 0.3) is 0 Å². The van der Waals surface area contributed by atoms with E-state index in [1.165, 1.54) is 0 Å². The number of para-hydroxylation sites is 1. The molecule has 0 heterocycles. The minimum atomic E-state index is -0.639. The molecule has 2 N–H and O–H groups in total. The van der Waals surface area contributed by atoms with Crippen molar-refractivity contribution >= 4 is 29.3 Å². The van der Waals surface area contributed by atoms with Gasteiger partial charge in [0.2, 0.25) is 0 Å². The van der Waals surface area contributed by atoms with Crippen molar-refractivity contribution < 1.29 is 9.59 Å². The van der Waals surface area contributed by atoms with Gasteiger partial charge in [-0.3, -0.25) is 9.59 Å². The fourth-order valence-corrected chi connectivity index (χ4v) is 2.93. The van der Waals surface area contributed by atoms with Gasteiger partial charge in [0.1, 0.15) is 0 Å². The normalized spacial score (nSPS) is 10.5. The Labute approximate surface area is 147 Å². The molecule has 0 spiro atoms. The van der Waals surface area contributed by atoms with Gasteiger partial charge in [0.15, 0.2) is 0 Å². The molecule has 2 aromatic carbocycles. The minimum absolute atomic E-state index is 0.483. The van der Waals surface area contributed by atoms with Gasteiger partial charge in [-0.15, -0.1) is 0 Å². The van der Waals surface area contributed by atoms with E-state index in [-0.39, 0.29) is 0 Å². The van der Waals surface area contributed by atoms with E-state index in [1.807, 2.05) is 48.5 Å². The van der Waals surface area contributed by atoms with E-state index in [2.05, 4.69) is 24.5 Å². The van der Waals surface area contributed by atoms with Crippen molar-refractivity contribution in [3.05, 3.63) is 54.6 Å². The molecule has 0 saturated carbocycles. The Morgan fingerprint density at radius 1 is 0.958 bits per heavy atom. The zero-order valence-electron chi connectivity index (χ0n) is 13.9. The summed E-state index contributed by atoms with van der Waals surface area (Å²) in [5.74, 6) is -0.758. The van der Waals surface area contributed by atoms with Crippen LogP contribution in [-0.2, 0) is 9.59 Å². The van der Waals surface area contributed by atoms with Gasteiger partial charge in [-0.2, -0.15) is 0 Å². The highest BCUT2D eigenvalue weighted by atomic mass is 32.2. The Morgan fingerprint density at radius 3 is 2.33 bits per heavy atom. The highest BCUT2D eigenvalue weighted by Crippen LogP contribution is 2.33. The SMILES string of the molecule is CC(C)CCNC(=O)C(=O)Nc1ccccc1Sc1ccccc1. The van der Waals surface area contributed by atoms with E-state index in [9.17, 15) is 9.59 Å². The van der Waals surface area contributed by atoms with Crippen molar-refractivity contribution in [3.63, 3.8) is 0 Å². The molecule has 2 amide bonds. The van der Waals surface area contributed by atoms with E-state index in [1.54, 1.807) is 17.8 Å². The Hall–Kier alpha value is -2.27. The second kappa shape index (κ2) is 9.13. The number of anilines is 1. The molecule has 4 nitrogen and oxygen atoms in total. The van der Waals surface area contributed by atoms with Gasteiger partial charge in [0, 0.05) is 16.3 Å². The lowest BCUT2D eigenvalue weighted by atomic mass is 10.1. The quantitative estimate of drug-likeness (QED) is 0.782. The van der Waals surface area contributed by atoms with Crippen molar-refractivity contribution in [1.29, 1.82) is 0 Å². The third-order valence-corrected chi connectivity index (χ3v) is 4.40. The lowest BCUT2D eigenvalue weighted by Gasteiger charge is -2.11. The largest absolute Gasteiger partial charge is 0.348 e. The lowest BCUT2D eigenvalue weighted by Crippen LogP contribution is -2.36. The van der Waals surface area contributed by atoms with Crippen molar-refractivity contribution in [3.8, 4) is 0 Å². The van der Waals surface area contributed by atoms with E-state index in [0.29, 0.717) is 18.2 Å². The van der Waals surface area contributed by atoms with E-state index in [0.717, 1.165) is 16.2 Å². The zero-order valence-corrected chi connectivity index (χ0v) is 14.7. The summed E-state index contributed by atoms with van der Waals surface area (Å²) in [7, 11) is 0. The molecule has 2 rings (SSSR count). The lowest BCUT2D eigenvalue weighted by molar-refractivity contribution is -0.136. The topological polar surface area (TPSA) is 58.2 Å². The number of carbonyl (C=O) groups excluding carboxylic acids is 2. The van der Waals surface area contributed by atoms with Crippen LogP contribution in [0.3, 0.4) is 0 Å². The number of hydrogen-bond donors (Lipinski definition) is 2. The molecule has 0 aliphatic heterocycles. The van der Waals surface area contributed by atoms with Crippen LogP contribution < -0.4 is 10.6 Å². The number of nitrogens with one attached hydrogen (secondary N) is 2. The predicted octanol–water partition coefficient (Wildman–Crippen LogP) is 3.94. The van der Waals surface area contributed by atoms with Crippen molar-refractivity contribution in [2.75, 3.05) is 11.9 Å². The van der Waals surface area contributed by atoms with Gasteiger partial charge in [-0.25, -0.2) is 0 Å². The number of rotatable bonds is 6. The fraction of sp³-hybridized carbons (Fsp3) is 0.263. The first-order valence-corrected chi connectivity index (χ1v) is 8.79. The van der Waals surface area contributed by atoms with Gasteiger partial charge in [-0.1, -0.05) is 55.9 Å². The smallest absolute Gasteiger partial charge is 0.313 e. The van der Waals surface area contributed by atoms with E-state index >= 15 is 0 Å². The van der Waals surface area contributed by atoms with Crippen LogP contribution >= 0.6 is 11.8 Å². The zero-order chi connectivity index (χ0) is 17.4. The maximum atomic E-state index is 12.1. The summed E-state index contributed by atoms with van der Waals surface area (Å²) in [6.45, 7) is 4.65. The Bertz CT molecular complexity index is 687. The number of hydrogen-bond acceptors (Lipinski definition) is 3. The molecule has 0 saturated heterocycles. The number of amides is 2. The molecule has 5 heteroatoms. The standard InChI is InChI=1S/C19H22N2O2S/c1-14(2)12-13-20-18(22)19(23)21-16-10-6-7-11-17(16)24-15-8-4-3-5-9-15/h3-11,14H,12-13H2,1-2H3,(H,20,22)(H,21,23). The van der Waals surface area contributed by atoms with Crippen molar-refractivity contribution in [2.45, 2.75) is 30.1 Å². The first-order valence-electron chi connectivity index (χ1n) is 7.97. The first-order chi connectivity index (χ1) is 11.6.